The standard InChI is InChI=1S/C13H24N4O/c1-11(2)4-5-16-6-8-17(9-7-16)10-13-14-12(3)18-15-13/h11H,4-10H2,1-3H3. The minimum Gasteiger partial charge on any atom is -0.340 e. The van der Waals surface area contributed by atoms with Gasteiger partial charge in [0.1, 0.15) is 0 Å². The highest BCUT2D eigenvalue weighted by Crippen LogP contribution is 2.08. The average Bonchev–Trinajstić information content (AvgIpc) is 2.74. The van der Waals surface area contributed by atoms with Gasteiger partial charge in [0.05, 0.1) is 6.54 Å². The van der Waals surface area contributed by atoms with Crippen molar-refractivity contribution in [3.05, 3.63) is 11.7 Å². The van der Waals surface area contributed by atoms with E-state index in [1.54, 1.807) is 0 Å². The van der Waals surface area contributed by atoms with Crippen molar-refractivity contribution < 1.29 is 4.52 Å². The van der Waals surface area contributed by atoms with Crippen LogP contribution >= 0.6 is 0 Å². The van der Waals surface area contributed by atoms with Crippen LogP contribution in [0.25, 0.3) is 0 Å². The maximum absolute atomic E-state index is 4.99. The molecule has 1 aromatic heterocycles. The van der Waals surface area contributed by atoms with Gasteiger partial charge >= 0.3 is 0 Å². The minimum absolute atomic E-state index is 0.653. The zero-order valence-corrected chi connectivity index (χ0v) is 11.7. The van der Waals surface area contributed by atoms with Gasteiger partial charge in [-0.2, -0.15) is 4.98 Å². The molecule has 18 heavy (non-hydrogen) atoms. The van der Waals surface area contributed by atoms with Crippen LogP contribution in [0.1, 0.15) is 32.0 Å². The lowest BCUT2D eigenvalue weighted by Crippen LogP contribution is -2.46. The second kappa shape index (κ2) is 6.29. The molecule has 0 radical (unpaired) electrons. The first-order valence-electron chi connectivity index (χ1n) is 6.87. The highest BCUT2D eigenvalue weighted by Gasteiger charge is 2.18. The fraction of sp³-hybridized carbons (Fsp3) is 0.846. The molecule has 1 aliphatic rings. The molecule has 102 valence electrons. The largest absolute Gasteiger partial charge is 0.340 e. The summed E-state index contributed by atoms with van der Waals surface area (Å²) in [6, 6.07) is 0. The lowest BCUT2D eigenvalue weighted by molar-refractivity contribution is 0.120. The molecule has 2 rings (SSSR count). The van der Waals surface area contributed by atoms with E-state index in [1.165, 1.54) is 13.0 Å². The van der Waals surface area contributed by atoms with Crippen molar-refractivity contribution in [2.75, 3.05) is 32.7 Å². The Morgan fingerprint density at radius 3 is 2.39 bits per heavy atom. The van der Waals surface area contributed by atoms with Crippen molar-refractivity contribution in [1.29, 1.82) is 0 Å². The lowest BCUT2D eigenvalue weighted by atomic mass is 10.1. The molecule has 1 fully saturated rings. The van der Waals surface area contributed by atoms with Gasteiger partial charge in [-0.25, -0.2) is 0 Å². The molecule has 0 aromatic carbocycles. The van der Waals surface area contributed by atoms with E-state index in [-0.39, 0.29) is 0 Å². The molecule has 0 saturated carbocycles. The third-order valence-corrected chi connectivity index (χ3v) is 3.42. The van der Waals surface area contributed by atoms with Crippen LogP contribution in [0.2, 0.25) is 0 Å². The molecule has 0 atom stereocenters. The fourth-order valence-corrected chi connectivity index (χ4v) is 2.22. The van der Waals surface area contributed by atoms with E-state index in [4.69, 9.17) is 4.52 Å². The van der Waals surface area contributed by atoms with Crippen molar-refractivity contribution >= 4 is 0 Å². The number of rotatable bonds is 5. The summed E-state index contributed by atoms with van der Waals surface area (Å²) in [5, 5.41) is 3.95. The first-order chi connectivity index (χ1) is 8.63. The molecule has 0 unspecified atom stereocenters. The molecule has 0 N–H and O–H groups in total. The number of aryl methyl sites for hydroxylation is 1. The summed E-state index contributed by atoms with van der Waals surface area (Å²) in [6.07, 6.45) is 1.30. The third kappa shape index (κ3) is 4.07. The highest BCUT2D eigenvalue weighted by atomic mass is 16.5. The molecule has 1 aromatic rings. The van der Waals surface area contributed by atoms with Crippen molar-refractivity contribution in [3.8, 4) is 0 Å². The first-order valence-corrected chi connectivity index (χ1v) is 6.87. The third-order valence-electron chi connectivity index (χ3n) is 3.42. The van der Waals surface area contributed by atoms with Gasteiger partial charge in [0.25, 0.3) is 0 Å². The van der Waals surface area contributed by atoms with Crippen molar-refractivity contribution in [2.45, 2.75) is 33.7 Å². The maximum atomic E-state index is 4.99. The maximum Gasteiger partial charge on any atom is 0.223 e. The number of aromatic nitrogens is 2. The number of hydrogen-bond acceptors (Lipinski definition) is 5. The van der Waals surface area contributed by atoms with Crippen molar-refractivity contribution in [1.82, 2.24) is 19.9 Å². The van der Waals surface area contributed by atoms with Gasteiger partial charge in [0.2, 0.25) is 5.89 Å². The molecule has 0 amide bonds. The van der Waals surface area contributed by atoms with Crippen LogP contribution in [0.15, 0.2) is 4.52 Å². The Hall–Kier alpha value is -0.940. The molecular formula is C13H24N4O. The first kappa shape index (κ1) is 13.5. The summed E-state index contributed by atoms with van der Waals surface area (Å²) in [7, 11) is 0. The Labute approximate surface area is 109 Å². The molecular weight excluding hydrogens is 228 g/mol. The van der Waals surface area contributed by atoms with Crippen molar-refractivity contribution in [3.63, 3.8) is 0 Å². The summed E-state index contributed by atoms with van der Waals surface area (Å²) >= 11 is 0. The molecule has 0 spiro atoms. The van der Waals surface area contributed by atoms with E-state index in [1.807, 2.05) is 6.92 Å². The SMILES string of the molecule is Cc1nc(CN2CCN(CCC(C)C)CC2)no1. The molecule has 1 saturated heterocycles. The summed E-state index contributed by atoms with van der Waals surface area (Å²) < 4.78 is 4.99. The van der Waals surface area contributed by atoms with Gasteiger partial charge in [-0.15, -0.1) is 0 Å². The van der Waals surface area contributed by atoms with E-state index in [2.05, 4.69) is 33.8 Å². The highest BCUT2D eigenvalue weighted by molar-refractivity contribution is 4.85. The molecule has 5 heteroatoms. The average molecular weight is 252 g/mol. The van der Waals surface area contributed by atoms with Gasteiger partial charge in [-0.1, -0.05) is 19.0 Å². The van der Waals surface area contributed by atoms with E-state index in [9.17, 15) is 0 Å². The fourth-order valence-electron chi connectivity index (χ4n) is 2.22. The monoisotopic (exact) mass is 252 g/mol. The number of nitrogens with zero attached hydrogens (tertiary/aromatic N) is 4. The normalized spacial score (nSPS) is 18.7. The predicted molar refractivity (Wildman–Crippen MR) is 70.2 cm³/mol. The molecule has 5 nitrogen and oxygen atoms in total. The zero-order chi connectivity index (χ0) is 13.0. The second-order valence-corrected chi connectivity index (χ2v) is 5.53. The van der Waals surface area contributed by atoms with Gasteiger partial charge in [0, 0.05) is 33.1 Å². The smallest absolute Gasteiger partial charge is 0.223 e. The van der Waals surface area contributed by atoms with Crippen LogP contribution in [0.5, 0.6) is 0 Å². The van der Waals surface area contributed by atoms with Gasteiger partial charge in [-0.05, 0) is 18.9 Å². The Kier molecular flexibility index (Phi) is 4.72. The predicted octanol–water partition coefficient (Wildman–Crippen LogP) is 1.54. The van der Waals surface area contributed by atoms with E-state index < -0.39 is 0 Å². The molecule has 0 aliphatic carbocycles. The summed E-state index contributed by atoms with van der Waals surface area (Å²) in [4.78, 5) is 9.20. The van der Waals surface area contributed by atoms with Gasteiger partial charge in [-0.3, -0.25) is 4.90 Å². The van der Waals surface area contributed by atoms with Gasteiger partial charge < -0.3 is 9.42 Å². The Bertz CT molecular complexity index is 356. The molecule has 1 aliphatic heterocycles. The topological polar surface area (TPSA) is 45.4 Å². The summed E-state index contributed by atoms with van der Waals surface area (Å²) in [5.74, 6) is 2.26. The summed E-state index contributed by atoms with van der Waals surface area (Å²) in [6.45, 7) is 13.0. The Morgan fingerprint density at radius 2 is 1.83 bits per heavy atom. The Balaban J connectivity index is 1.70. The molecule has 0 bridgehead atoms. The van der Waals surface area contributed by atoms with Gasteiger partial charge in [0.15, 0.2) is 5.82 Å². The van der Waals surface area contributed by atoms with Crippen LogP contribution in [0, 0.1) is 12.8 Å². The van der Waals surface area contributed by atoms with Crippen LogP contribution in [-0.2, 0) is 6.54 Å². The quantitative estimate of drug-likeness (QED) is 0.795. The number of piperazine rings is 1. The van der Waals surface area contributed by atoms with E-state index in [0.717, 1.165) is 44.5 Å². The van der Waals surface area contributed by atoms with Crippen molar-refractivity contribution in [2.24, 2.45) is 5.92 Å². The van der Waals surface area contributed by atoms with Crippen LogP contribution < -0.4 is 0 Å². The second-order valence-electron chi connectivity index (χ2n) is 5.53. The minimum atomic E-state index is 0.653. The van der Waals surface area contributed by atoms with Crippen LogP contribution in [-0.4, -0.2) is 52.7 Å². The van der Waals surface area contributed by atoms with E-state index in [0.29, 0.717) is 5.89 Å². The van der Waals surface area contributed by atoms with E-state index >= 15 is 0 Å². The summed E-state index contributed by atoms with van der Waals surface area (Å²) in [5.41, 5.74) is 0. The zero-order valence-electron chi connectivity index (χ0n) is 11.7. The van der Waals surface area contributed by atoms with Crippen LogP contribution in [0.3, 0.4) is 0 Å². The number of hydrogen-bond donors (Lipinski definition) is 0. The Morgan fingerprint density at radius 1 is 1.17 bits per heavy atom. The molecule has 2 heterocycles. The lowest BCUT2D eigenvalue weighted by Gasteiger charge is -2.34. The van der Waals surface area contributed by atoms with Crippen LogP contribution in [0.4, 0.5) is 0 Å².